The van der Waals surface area contributed by atoms with E-state index in [1.165, 1.54) is 77.0 Å². The molecule has 434 valence electrons. The van der Waals surface area contributed by atoms with Crippen LogP contribution in [-0.4, -0.2) is 66.5 Å². The highest BCUT2D eigenvalue weighted by Gasteiger charge is 2.28. The van der Waals surface area contributed by atoms with Crippen LogP contribution in [0.15, 0.2) is 109 Å². The van der Waals surface area contributed by atoms with Gasteiger partial charge in [0.1, 0.15) is 12.7 Å². The van der Waals surface area contributed by atoms with Crippen LogP contribution in [0.3, 0.4) is 0 Å². The number of aliphatic hydroxyl groups is 1. The monoisotopic (exact) mass is 1080 g/mol. The SMILES string of the molecule is CC/C=C\C/C=C\C/C=C\C/C=C\C/C=C\CC(=O)OC(CO)COP(=O)(O)OCC(COC(=O)CCCCCCC/C=C\C/C=C\CCCCC)OC(=O)CCCCCCCCCCC/C=C\C/C=C\CCCCC. The van der Waals surface area contributed by atoms with Crippen molar-refractivity contribution in [1.29, 1.82) is 0 Å². The Morgan fingerprint density at radius 2 is 0.737 bits per heavy atom. The third kappa shape index (κ3) is 54.9. The van der Waals surface area contributed by atoms with Gasteiger partial charge < -0.3 is 24.2 Å². The van der Waals surface area contributed by atoms with E-state index in [1.807, 2.05) is 18.2 Å². The largest absolute Gasteiger partial charge is 0.472 e. The minimum absolute atomic E-state index is 0.0603. The first-order valence-electron chi connectivity index (χ1n) is 29.8. The van der Waals surface area contributed by atoms with Gasteiger partial charge >= 0.3 is 25.7 Å². The van der Waals surface area contributed by atoms with Gasteiger partial charge in [-0.05, 0) is 109 Å². The quantitative estimate of drug-likeness (QED) is 0.0197. The maximum Gasteiger partial charge on any atom is 0.472 e. The van der Waals surface area contributed by atoms with Gasteiger partial charge in [-0.15, -0.1) is 0 Å². The summed E-state index contributed by atoms with van der Waals surface area (Å²) in [5.74, 6) is -1.63. The van der Waals surface area contributed by atoms with Crippen LogP contribution in [0.4, 0.5) is 0 Å². The van der Waals surface area contributed by atoms with Gasteiger partial charge in [0.15, 0.2) is 6.10 Å². The molecule has 3 unspecified atom stereocenters. The molecule has 0 aliphatic carbocycles. The molecule has 0 aromatic heterocycles. The zero-order valence-corrected chi connectivity index (χ0v) is 48.8. The smallest absolute Gasteiger partial charge is 0.462 e. The molecular weight excluding hydrogens is 976 g/mol. The Kier molecular flexibility index (Phi) is 54.4. The zero-order chi connectivity index (χ0) is 55.5. The van der Waals surface area contributed by atoms with Crippen molar-refractivity contribution in [3.8, 4) is 0 Å². The Morgan fingerprint density at radius 1 is 0.395 bits per heavy atom. The third-order valence-electron chi connectivity index (χ3n) is 12.2. The number of rotatable bonds is 54. The summed E-state index contributed by atoms with van der Waals surface area (Å²) in [5.41, 5.74) is 0. The van der Waals surface area contributed by atoms with Crippen LogP contribution in [0.5, 0.6) is 0 Å². The fourth-order valence-corrected chi connectivity index (χ4v) is 8.45. The number of esters is 3. The summed E-state index contributed by atoms with van der Waals surface area (Å²) in [5, 5.41) is 9.80. The predicted molar refractivity (Wildman–Crippen MR) is 316 cm³/mol. The molecule has 0 fully saturated rings. The van der Waals surface area contributed by atoms with E-state index >= 15 is 0 Å². The van der Waals surface area contributed by atoms with Gasteiger partial charge in [-0.3, -0.25) is 23.4 Å². The van der Waals surface area contributed by atoms with Gasteiger partial charge in [-0.25, -0.2) is 4.57 Å². The number of aliphatic hydroxyl groups excluding tert-OH is 1. The lowest BCUT2D eigenvalue weighted by Gasteiger charge is -2.21. The van der Waals surface area contributed by atoms with Crippen LogP contribution in [0.25, 0.3) is 0 Å². The van der Waals surface area contributed by atoms with Crippen molar-refractivity contribution >= 4 is 25.7 Å². The van der Waals surface area contributed by atoms with Crippen molar-refractivity contribution in [2.45, 2.75) is 251 Å². The molecule has 0 saturated carbocycles. The Labute approximate surface area is 463 Å². The molecule has 0 aliphatic rings. The highest BCUT2D eigenvalue weighted by atomic mass is 31.2. The van der Waals surface area contributed by atoms with Gasteiger partial charge in [0.2, 0.25) is 0 Å². The number of allylic oxidation sites excluding steroid dienone is 17. The highest BCUT2D eigenvalue weighted by Crippen LogP contribution is 2.43. The van der Waals surface area contributed by atoms with Crippen LogP contribution in [0.1, 0.15) is 239 Å². The lowest BCUT2D eigenvalue weighted by Crippen LogP contribution is -2.30. The third-order valence-corrected chi connectivity index (χ3v) is 13.1. The van der Waals surface area contributed by atoms with Gasteiger partial charge in [0.05, 0.1) is 26.2 Å². The molecule has 0 rings (SSSR count). The summed E-state index contributed by atoms with van der Waals surface area (Å²) in [7, 11) is -4.78. The molecule has 0 heterocycles. The van der Waals surface area contributed by atoms with Crippen LogP contribution in [-0.2, 0) is 42.2 Å². The molecular formula is C64H107O11P. The average Bonchev–Trinajstić information content (AvgIpc) is 3.41. The summed E-state index contributed by atoms with van der Waals surface area (Å²) in [6.07, 6.45) is 69.3. The van der Waals surface area contributed by atoms with E-state index in [4.69, 9.17) is 23.3 Å². The number of ether oxygens (including phenoxy) is 3. The van der Waals surface area contributed by atoms with Crippen LogP contribution >= 0.6 is 7.82 Å². The summed E-state index contributed by atoms with van der Waals surface area (Å²) in [6, 6.07) is 0. The second-order valence-electron chi connectivity index (χ2n) is 19.4. The Hall–Kier alpha value is -3.86. The molecule has 0 aromatic carbocycles. The Balaban J connectivity index is 4.83. The Bertz CT molecular complexity index is 1690. The minimum atomic E-state index is -4.78. The molecule has 0 radical (unpaired) electrons. The first kappa shape index (κ1) is 72.1. The molecule has 11 nitrogen and oxygen atoms in total. The van der Waals surface area contributed by atoms with Gasteiger partial charge in [-0.1, -0.05) is 220 Å². The van der Waals surface area contributed by atoms with E-state index in [0.717, 1.165) is 103 Å². The molecule has 2 N–H and O–H groups in total. The predicted octanol–water partition coefficient (Wildman–Crippen LogP) is 17.8. The number of hydrogen-bond acceptors (Lipinski definition) is 10. The van der Waals surface area contributed by atoms with Crippen molar-refractivity contribution in [2.24, 2.45) is 0 Å². The van der Waals surface area contributed by atoms with Gasteiger partial charge in [0, 0.05) is 12.8 Å². The van der Waals surface area contributed by atoms with Crippen molar-refractivity contribution in [2.75, 3.05) is 26.4 Å². The standard InChI is InChI=1S/C64H107O11P/c1-4-7-10-13-16-19-22-25-28-29-30-31-34-37-40-43-46-49-52-55-64(68)75-61(57-71-62(66)53-50-47-44-41-38-35-32-26-23-20-17-14-11-8-5-2)59-73-76(69,70)72-58-60(56-65)74-63(67)54-51-48-45-42-39-36-33-27-24-21-18-15-12-9-6-3/h9,12,16-21,25-28,32-33,39,42,48,51,60-61,65H,4-8,10-11,13-15,22-24,29-31,34-38,40-41,43-47,49-50,52-59H2,1-3H3,(H,69,70)/b12-9-,19-16-,20-17-,21-18-,28-25-,32-26-,33-27-,42-39-,51-48-. The fraction of sp³-hybridized carbons (Fsp3) is 0.672. The average molecular weight is 1080 g/mol. The lowest BCUT2D eigenvalue weighted by molar-refractivity contribution is -0.161. The molecule has 12 heteroatoms. The number of hydrogen-bond donors (Lipinski definition) is 2. The fourth-order valence-electron chi connectivity index (χ4n) is 7.67. The molecule has 0 aliphatic heterocycles. The molecule has 0 spiro atoms. The maximum absolute atomic E-state index is 12.9. The number of carbonyl (C=O) groups is 3. The number of carbonyl (C=O) groups excluding carboxylic acids is 3. The summed E-state index contributed by atoms with van der Waals surface area (Å²) in [4.78, 5) is 48.5. The molecule has 3 atom stereocenters. The summed E-state index contributed by atoms with van der Waals surface area (Å²) < 4.78 is 39.4. The van der Waals surface area contributed by atoms with Crippen molar-refractivity contribution in [3.05, 3.63) is 109 Å². The van der Waals surface area contributed by atoms with Crippen molar-refractivity contribution in [1.82, 2.24) is 0 Å². The maximum atomic E-state index is 12.9. The van der Waals surface area contributed by atoms with Gasteiger partial charge in [-0.2, -0.15) is 0 Å². The van der Waals surface area contributed by atoms with E-state index in [1.54, 1.807) is 6.08 Å². The van der Waals surface area contributed by atoms with E-state index in [0.29, 0.717) is 19.3 Å². The normalized spacial score (nSPS) is 14.1. The van der Waals surface area contributed by atoms with Crippen molar-refractivity contribution in [3.63, 3.8) is 0 Å². The number of unbranched alkanes of at least 4 members (excludes halogenated alkanes) is 20. The van der Waals surface area contributed by atoms with E-state index < -0.39 is 57.8 Å². The second kappa shape index (κ2) is 57.3. The first-order chi connectivity index (χ1) is 37.2. The first-order valence-corrected chi connectivity index (χ1v) is 31.3. The van der Waals surface area contributed by atoms with E-state index in [9.17, 15) is 28.9 Å². The number of phosphoric ester groups is 1. The van der Waals surface area contributed by atoms with E-state index in [2.05, 4.69) is 106 Å². The zero-order valence-electron chi connectivity index (χ0n) is 47.9. The Morgan fingerprint density at radius 3 is 1.16 bits per heavy atom. The molecule has 0 amide bonds. The van der Waals surface area contributed by atoms with Gasteiger partial charge in [0.25, 0.3) is 0 Å². The summed E-state index contributed by atoms with van der Waals surface area (Å²) in [6.45, 7) is 4.35. The number of phosphoric acid groups is 1. The topological polar surface area (TPSA) is 155 Å². The second-order valence-corrected chi connectivity index (χ2v) is 20.9. The van der Waals surface area contributed by atoms with Crippen LogP contribution in [0.2, 0.25) is 0 Å². The molecule has 0 aromatic rings. The highest BCUT2D eigenvalue weighted by molar-refractivity contribution is 7.47. The lowest BCUT2D eigenvalue weighted by atomic mass is 10.1. The van der Waals surface area contributed by atoms with Crippen LogP contribution < -0.4 is 0 Å². The van der Waals surface area contributed by atoms with Crippen LogP contribution in [0, 0.1) is 0 Å². The van der Waals surface area contributed by atoms with Crippen molar-refractivity contribution < 1.29 is 52.2 Å². The minimum Gasteiger partial charge on any atom is -0.462 e. The molecule has 0 bridgehead atoms. The molecule has 76 heavy (non-hydrogen) atoms. The molecule has 0 saturated heterocycles. The summed E-state index contributed by atoms with van der Waals surface area (Å²) >= 11 is 0. The van der Waals surface area contributed by atoms with E-state index in [-0.39, 0.29) is 25.9 Å².